The van der Waals surface area contributed by atoms with Gasteiger partial charge in [0.1, 0.15) is 0 Å². The predicted octanol–water partition coefficient (Wildman–Crippen LogP) is 0.303. The number of benzene rings is 1. The van der Waals surface area contributed by atoms with Crippen LogP contribution in [-0.2, 0) is 11.8 Å². The summed E-state index contributed by atoms with van der Waals surface area (Å²) in [5.74, 6) is -0.464. The van der Waals surface area contributed by atoms with Crippen molar-refractivity contribution in [3.8, 4) is 0 Å². The lowest BCUT2D eigenvalue weighted by atomic mass is 10.0. The predicted molar refractivity (Wildman–Crippen MR) is 68.4 cm³/mol. The molecule has 1 aromatic heterocycles. The maximum absolute atomic E-state index is 12.3. The molecule has 1 saturated heterocycles. The summed E-state index contributed by atoms with van der Waals surface area (Å²) in [6.45, 7) is 1.67. The second kappa shape index (κ2) is 4.64. The molecular formula is C13H14N2O4. The van der Waals surface area contributed by atoms with Gasteiger partial charge in [-0.2, -0.15) is 0 Å². The van der Waals surface area contributed by atoms with E-state index in [0.717, 1.165) is 0 Å². The Labute approximate surface area is 109 Å². The van der Waals surface area contributed by atoms with E-state index in [2.05, 4.69) is 5.32 Å². The molecule has 0 bridgehead atoms. The van der Waals surface area contributed by atoms with E-state index in [9.17, 15) is 9.59 Å². The second-order valence-corrected chi connectivity index (χ2v) is 4.56. The van der Waals surface area contributed by atoms with Gasteiger partial charge < -0.3 is 14.5 Å². The molecule has 6 nitrogen and oxygen atoms in total. The van der Waals surface area contributed by atoms with Crippen molar-refractivity contribution in [1.82, 2.24) is 9.88 Å². The third-order valence-corrected chi connectivity index (χ3v) is 3.31. The largest absolute Gasteiger partial charge is 0.419 e. The van der Waals surface area contributed by atoms with Gasteiger partial charge in [0, 0.05) is 19.2 Å². The topological polar surface area (TPSA) is 73.5 Å². The Bertz CT molecular complexity index is 679. The van der Waals surface area contributed by atoms with E-state index < -0.39 is 5.76 Å². The number of fused-ring (bicyclic) bond motifs is 1. The third-order valence-electron chi connectivity index (χ3n) is 3.31. The third kappa shape index (κ3) is 2.09. The molecule has 0 spiro atoms. The van der Waals surface area contributed by atoms with Crippen LogP contribution in [0.5, 0.6) is 0 Å². The molecule has 6 heteroatoms. The first-order valence-corrected chi connectivity index (χ1v) is 6.12. The number of carbonyl (C=O) groups is 1. The summed E-state index contributed by atoms with van der Waals surface area (Å²) in [6, 6.07) is 4.67. The molecule has 2 aromatic rings. The van der Waals surface area contributed by atoms with Crippen LogP contribution in [0, 0.1) is 0 Å². The van der Waals surface area contributed by atoms with E-state index in [1.807, 2.05) is 0 Å². The summed E-state index contributed by atoms with van der Waals surface area (Å²) < 4.78 is 11.7. The van der Waals surface area contributed by atoms with Crippen LogP contribution in [0.25, 0.3) is 11.1 Å². The number of oxazole rings is 1. The van der Waals surface area contributed by atoms with Crippen LogP contribution in [0.3, 0.4) is 0 Å². The Hall–Kier alpha value is -1.92. The van der Waals surface area contributed by atoms with Crippen molar-refractivity contribution in [2.75, 3.05) is 19.8 Å². The molecule has 1 aliphatic rings. The Kier molecular flexibility index (Phi) is 2.96. The molecule has 100 valence electrons. The van der Waals surface area contributed by atoms with Crippen molar-refractivity contribution in [1.29, 1.82) is 0 Å². The van der Waals surface area contributed by atoms with Crippen molar-refractivity contribution in [2.24, 2.45) is 7.05 Å². The molecule has 3 rings (SSSR count). The highest BCUT2D eigenvalue weighted by Crippen LogP contribution is 2.16. The first kappa shape index (κ1) is 12.1. The van der Waals surface area contributed by atoms with Crippen LogP contribution in [0.1, 0.15) is 10.4 Å². The average molecular weight is 262 g/mol. The lowest BCUT2D eigenvalue weighted by Gasteiger charge is -2.22. The van der Waals surface area contributed by atoms with Gasteiger partial charge in [-0.3, -0.25) is 9.36 Å². The zero-order valence-corrected chi connectivity index (χ0v) is 10.5. The number of morpholine rings is 1. The van der Waals surface area contributed by atoms with Crippen molar-refractivity contribution < 1.29 is 13.9 Å². The molecule has 19 heavy (non-hydrogen) atoms. The first-order chi connectivity index (χ1) is 9.16. The molecule has 0 saturated carbocycles. The zero-order chi connectivity index (χ0) is 13.4. The summed E-state index contributed by atoms with van der Waals surface area (Å²) in [5, 5.41) is 3.12. The first-order valence-electron chi connectivity index (χ1n) is 6.12. The van der Waals surface area contributed by atoms with E-state index >= 15 is 0 Å². The SMILES string of the molecule is Cn1c(=O)oc2ccc(C(=O)C3COCCN3)cc21. The minimum absolute atomic E-state index is 0.0322. The van der Waals surface area contributed by atoms with Gasteiger partial charge in [-0.1, -0.05) is 0 Å². The fourth-order valence-corrected chi connectivity index (χ4v) is 2.21. The molecule has 1 N–H and O–H groups in total. The Balaban J connectivity index is 1.98. The summed E-state index contributed by atoms with van der Waals surface area (Å²) >= 11 is 0. The molecule has 1 fully saturated rings. The molecular weight excluding hydrogens is 248 g/mol. The highest BCUT2D eigenvalue weighted by molar-refractivity contribution is 6.02. The maximum atomic E-state index is 12.3. The number of carbonyl (C=O) groups excluding carboxylic acids is 1. The Morgan fingerprint density at radius 1 is 1.47 bits per heavy atom. The molecule has 2 heterocycles. The van der Waals surface area contributed by atoms with E-state index in [0.29, 0.717) is 36.4 Å². The molecule has 0 amide bonds. The van der Waals surface area contributed by atoms with Gasteiger partial charge in [0.2, 0.25) is 0 Å². The molecule has 1 unspecified atom stereocenters. The Morgan fingerprint density at radius 2 is 2.32 bits per heavy atom. The summed E-state index contributed by atoms with van der Waals surface area (Å²) in [6.07, 6.45) is 0. The van der Waals surface area contributed by atoms with E-state index in [-0.39, 0.29) is 11.8 Å². The zero-order valence-electron chi connectivity index (χ0n) is 10.5. The van der Waals surface area contributed by atoms with E-state index in [4.69, 9.17) is 9.15 Å². The average Bonchev–Trinajstić information content (AvgIpc) is 2.74. The fraction of sp³-hybridized carbons (Fsp3) is 0.385. The van der Waals surface area contributed by atoms with Gasteiger partial charge >= 0.3 is 5.76 Å². The lowest BCUT2D eigenvalue weighted by Crippen LogP contribution is -2.46. The quantitative estimate of drug-likeness (QED) is 0.788. The number of ketones is 1. The second-order valence-electron chi connectivity index (χ2n) is 4.56. The van der Waals surface area contributed by atoms with E-state index in [1.165, 1.54) is 4.57 Å². The fourth-order valence-electron chi connectivity index (χ4n) is 2.21. The molecule has 0 radical (unpaired) electrons. The summed E-state index contributed by atoms with van der Waals surface area (Å²) in [7, 11) is 1.62. The number of hydrogen-bond donors (Lipinski definition) is 1. The number of nitrogens with zero attached hydrogens (tertiary/aromatic N) is 1. The molecule has 1 atom stereocenters. The standard InChI is InChI=1S/C13H14N2O4/c1-15-10-6-8(2-3-11(10)19-13(15)17)12(16)9-7-18-5-4-14-9/h2-3,6,9,14H,4-5,7H2,1H3. The van der Waals surface area contributed by atoms with Crippen molar-refractivity contribution in [2.45, 2.75) is 6.04 Å². The van der Waals surface area contributed by atoms with E-state index in [1.54, 1.807) is 25.2 Å². The van der Waals surface area contributed by atoms with Crippen LogP contribution < -0.4 is 11.1 Å². The molecule has 1 aliphatic heterocycles. The number of ether oxygens (including phenoxy) is 1. The van der Waals surface area contributed by atoms with Crippen LogP contribution in [0.15, 0.2) is 27.4 Å². The molecule has 0 aliphatic carbocycles. The van der Waals surface area contributed by atoms with Crippen LogP contribution in [0.2, 0.25) is 0 Å². The lowest BCUT2D eigenvalue weighted by molar-refractivity contribution is 0.0607. The molecule has 1 aromatic carbocycles. The van der Waals surface area contributed by atoms with Crippen LogP contribution in [0.4, 0.5) is 0 Å². The number of hydrogen-bond acceptors (Lipinski definition) is 5. The number of aromatic nitrogens is 1. The minimum Gasteiger partial charge on any atom is -0.408 e. The van der Waals surface area contributed by atoms with Gasteiger partial charge in [0.15, 0.2) is 11.4 Å². The smallest absolute Gasteiger partial charge is 0.408 e. The highest BCUT2D eigenvalue weighted by atomic mass is 16.5. The van der Waals surface area contributed by atoms with Gasteiger partial charge in [0.25, 0.3) is 0 Å². The van der Waals surface area contributed by atoms with Gasteiger partial charge in [-0.05, 0) is 18.2 Å². The van der Waals surface area contributed by atoms with Crippen molar-refractivity contribution >= 4 is 16.9 Å². The van der Waals surface area contributed by atoms with Crippen LogP contribution >= 0.6 is 0 Å². The van der Waals surface area contributed by atoms with Crippen molar-refractivity contribution in [3.63, 3.8) is 0 Å². The number of nitrogens with one attached hydrogen (secondary N) is 1. The number of Topliss-reactive ketones (excluding diaryl/α,β-unsaturated/α-hetero) is 1. The van der Waals surface area contributed by atoms with Gasteiger partial charge in [-0.15, -0.1) is 0 Å². The number of aryl methyl sites for hydroxylation is 1. The monoisotopic (exact) mass is 262 g/mol. The normalized spacial score (nSPS) is 19.7. The number of rotatable bonds is 2. The van der Waals surface area contributed by atoms with Gasteiger partial charge in [0.05, 0.1) is 24.8 Å². The highest BCUT2D eigenvalue weighted by Gasteiger charge is 2.23. The van der Waals surface area contributed by atoms with Crippen molar-refractivity contribution in [3.05, 3.63) is 34.3 Å². The summed E-state index contributed by atoms with van der Waals surface area (Å²) in [4.78, 5) is 23.7. The van der Waals surface area contributed by atoms with Gasteiger partial charge in [-0.25, -0.2) is 4.79 Å². The summed E-state index contributed by atoms with van der Waals surface area (Å²) in [5.41, 5.74) is 1.65. The minimum atomic E-state index is -0.432. The maximum Gasteiger partial charge on any atom is 0.419 e. The Morgan fingerprint density at radius 3 is 3.05 bits per heavy atom. The van der Waals surface area contributed by atoms with Crippen LogP contribution in [-0.4, -0.2) is 36.2 Å².